The zero-order valence-electron chi connectivity index (χ0n) is 10.2. The van der Waals surface area contributed by atoms with E-state index < -0.39 is 5.97 Å². The maximum Gasteiger partial charge on any atom is 0.331 e. The number of rotatable bonds is 2. The molecule has 0 fully saturated rings. The third-order valence-electron chi connectivity index (χ3n) is 2.91. The number of carbonyl (C=O) groups is 2. The molecule has 1 aliphatic carbocycles. The zero-order chi connectivity index (χ0) is 13.1. The van der Waals surface area contributed by atoms with E-state index in [1.165, 1.54) is 6.08 Å². The summed E-state index contributed by atoms with van der Waals surface area (Å²) in [7, 11) is 0. The molecule has 0 heterocycles. The van der Waals surface area contributed by atoms with Gasteiger partial charge < -0.3 is 10.5 Å². The van der Waals surface area contributed by atoms with Gasteiger partial charge in [-0.1, -0.05) is 0 Å². The van der Waals surface area contributed by atoms with Gasteiger partial charge in [-0.25, -0.2) is 4.79 Å². The number of hydrogen-bond acceptors (Lipinski definition) is 4. The van der Waals surface area contributed by atoms with Crippen LogP contribution in [-0.2, 0) is 16.0 Å². The van der Waals surface area contributed by atoms with E-state index in [4.69, 9.17) is 10.5 Å². The summed E-state index contributed by atoms with van der Waals surface area (Å²) in [5, 5.41) is 0. The van der Waals surface area contributed by atoms with Crippen LogP contribution in [0.15, 0.2) is 29.8 Å². The van der Waals surface area contributed by atoms with Gasteiger partial charge in [-0.2, -0.15) is 0 Å². The third kappa shape index (κ3) is 2.42. The molecule has 0 amide bonds. The van der Waals surface area contributed by atoms with Gasteiger partial charge in [0, 0.05) is 22.9 Å². The van der Waals surface area contributed by atoms with Crippen molar-refractivity contribution in [2.24, 2.45) is 0 Å². The van der Waals surface area contributed by atoms with Crippen molar-refractivity contribution in [2.75, 3.05) is 12.3 Å². The molecule has 4 nitrogen and oxygen atoms in total. The Morgan fingerprint density at radius 2 is 2.22 bits per heavy atom. The van der Waals surface area contributed by atoms with Crippen LogP contribution in [0.2, 0.25) is 0 Å². The molecule has 1 aromatic rings. The number of fused-ring (bicyclic) bond motifs is 1. The van der Waals surface area contributed by atoms with Gasteiger partial charge in [0.15, 0.2) is 5.78 Å². The second-order valence-electron chi connectivity index (χ2n) is 4.17. The van der Waals surface area contributed by atoms with Crippen molar-refractivity contribution in [3.8, 4) is 0 Å². The van der Waals surface area contributed by atoms with Gasteiger partial charge in [-0.05, 0) is 43.5 Å². The number of nitrogens with two attached hydrogens (primary N) is 1. The van der Waals surface area contributed by atoms with E-state index in [-0.39, 0.29) is 5.78 Å². The standard InChI is InChI=1S/C14H15NO3/c1-2-18-13(16)8-10-4-3-9-7-11(15)5-6-12(9)14(10)17/h5-8H,2-4,15H2,1H3. The molecule has 2 rings (SSSR count). The van der Waals surface area contributed by atoms with Crippen molar-refractivity contribution in [3.63, 3.8) is 0 Å². The van der Waals surface area contributed by atoms with Gasteiger partial charge in [0.1, 0.15) is 0 Å². The van der Waals surface area contributed by atoms with Crippen LogP contribution in [-0.4, -0.2) is 18.4 Å². The van der Waals surface area contributed by atoms with E-state index in [0.29, 0.717) is 29.9 Å². The number of hydrogen-bond donors (Lipinski definition) is 1. The number of ether oxygens (including phenoxy) is 1. The van der Waals surface area contributed by atoms with E-state index in [1.54, 1.807) is 19.1 Å². The number of nitrogen functional groups attached to an aromatic ring is 1. The molecule has 0 atom stereocenters. The van der Waals surface area contributed by atoms with E-state index >= 15 is 0 Å². The Hall–Kier alpha value is -2.10. The molecule has 1 aromatic carbocycles. The van der Waals surface area contributed by atoms with Gasteiger partial charge >= 0.3 is 5.97 Å². The van der Waals surface area contributed by atoms with Crippen LogP contribution in [0.5, 0.6) is 0 Å². The maximum absolute atomic E-state index is 12.2. The average molecular weight is 245 g/mol. The summed E-state index contributed by atoms with van der Waals surface area (Å²) in [6, 6.07) is 5.23. The lowest BCUT2D eigenvalue weighted by Gasteiger charge is -2.17. The Kier molecular flexibility index (Phi) is 3.46. The molecule has 0 radical (unpaired) electrons. The lowest BCUT2D eigenvalue weighted by atomic mass is 9.86. The van der Waals surface area contributed by atoms with Crippen molar-refractivity contribution in [1.29, 1.82) is 0 Å². The largest absolute Gasteiger partial charge is 0.463 e. The first-order valence-corrected chi connectivity index (χ1v) is 5.92. The van der Waals surface area contributed by atoms with Gasteiger partial charge in [0.05, 0.1) is 6.61 Å². The first kappa shape index (κ1) is 12.4. The number of carbonyl (C=O) groups excluding carboxylic acids is 2. The Balaban J connectivity index is 2.28. The minimum atomic E-state index is -0.459. The summed E-state index contributed by atoms with van der Waals surface area (Å²) in [5.74, 6) is -0.566. The van der Waals surface area contributed by atoms with Crippen LogP contribution in [0, 0.1) is 0 Å². The molecule has 0 spiro atoms. The van der Waals surface area contributed by atoms with Crippen molar-refractivity contribution >= 4 is 17.4 Å². The molecule has 4 heteroatoms. The third-order valence-corrected chi connectivity index (χ3v) is 2.91. The highest BCUT2D eigenvalue weighted by molar-refractivity contribution is 6.13. The molecule has 0 aromatic heterocycles. The SMILES string of the molecule is CCOC(=O)C=C1CCc2cc(N)ccc2C1=O. The average Bonchev–Trinajstić information content (AvgIpc) is 2.33. The lowest BCUT2D eigenvalue weighted by Crippen LogP contribution is -2.16. The number of ketones is 1. The molecule has 0 saturated heterocycles. The fraction of sp³-hybridized carbons (Fsp3) is 0.286. The van der Waals surface area contributed by atoms with Crippen molar-refractivity contribution in [3.05, 3.63) is 41.0 Å². The van der Waals surface area contributed by atoms with Gasteiger partial charge in [0.25, 0.3) is 0 Å². The smallest absolute Gasteiger partial charge is 0.331 e. The molecular weight excluding hydrogens is 230 g/mol. The Bertz CT molecular complexity index is 532. The van der Waals surface area contributed by atoms with Gasteiger partial charge in [-0.3, -0.25) is 4.79 Å². The molecule has 2 N–H and O–H groups in total. The first-order valence-electron chi connectivity index (χ1n) is 5.92. The molecule has 0 bridgehead atoms. The fourth-order valence-corrected chi connectivity index (χ4v) is 2.06. The molecule has 1 aliphatic rings. The molecule has 0 aliphatic heterocycles. The van der Waals surface area contributed by atoms with Crippen LogP contribution in [0.3, 0.4) is 0 Å². The van der Waals surface area contributed by atoms with E-state index in [0.717, 1.165) is 12.0 Å². The molecule has 18 heavy (non-hydrogen) atoms. The number of aryl methyl sites for hydroxylation is 1. The fourth-order valence-electron chi connectivity index (χ4n) is 2.06. The molecular formula is C14H15NO3. The summed E-state index contributed by atoms with van der Waals surface area (Å²) in [4.78, 5) is 23.5. The van der Waals surface area contributed by atoms with E-state index in [9.17, 15) is 9.59 Å². The Labute approximate surface area is 105 Å². The molecule has 0 unspecified atom stereocenters. The molecule has 0 saturated carbocycles. The Morgan fingerprint density at radius 1 is 1.44 bits per heavy atom. The van der Waals surface area contributed by atoms with Gasteiger partial charge in [-0.15, -0.1) is 0 Å². The second-order valence-corrected chi connectivity index (χ2v) is 4.17. The van der Waals surface area contributed by atoms with Gasteiger partial charge in [0.2, 0.25) is 0 Å². The monoisotopic (exact) mass is 245 g/mol. The minimum Gasteiger partial charge on any atom is -0.463 e. The summed E-state index contributed by atoms with van der Waals surface area (Å²) in [6.07, 6.45) is 2.57. The van der Waals surface area contributed by atoms with Crippen LogP contribution < -0.4 is 5.73 Å². The number of Topliss-reactive ketones (excluding diaryl/α,β-unsaturated/α-hetero) is 1. The second kappa shape index (κ2) is 5.04. The summed E-state index contributed by atoms with van der Waals surface area (Å²) in [6.45, 7) is 2.04. The highest BCUT2D eigenvalue weighted by atomic mass is 16.5. The van der Waals surface area contributed by atoms with Crippen molar-refractivity contribution in [1.82, 2.24) is 0 Å². The maximum atomic E-state index is 12.2. The van der Waals surface area contributed by atoms with Crippen LogP contribution in [0.4, 0.5) is 5.69 Å². The predicted octanol–water partition coefficient (Wildman–Crippen LogP) is 1.89. The number of benzene rings is 1. The summed E-state index contributed by atoms with van der Waals surface area (Å²) < 4.78 is 4.81. The highest BCUT2D eigenvalue weighted by Crippen LogP contribution is 2.26. The normalized spacial score (nSPS) is 16.5. The first-order chi connectivity index (χ1) is 8.61. The highest BCUT2D eigenvalue weighted by Gasteiger charge is 2.22. The number of allylic oxidation sites excluding steroid dienone is 1. The van der Waals surface area contributed by atoms with Crippen LogP contribution in [0.1, 0.15) is 29.3 Å². The van der Waals surface area contributed by atoms with E-state index in [1.807, 2.05) is 6.07 Å². The number of esters is 1. The van der Waals surface area contributed by atoms with Crippen LogP contribution >= 0.6 is 0 Å². The topological polar surface area (TPSA) is 69.4 Å². The minimum absolute atomic E-state index is 0.107. The van der Waals surface area contributed by atoms with Crippen molar-refractivity contribution in [2.45, 2.75) is 19.8 Å². The zero-order valence-corrected chi connectivity index (χ0v) is 10.2. The predicted molar refractivity (Wildman–Crippen MR) is 68.2 cm³/mol. The summed E-state index contributed by atoms with van der Waals surface area (Å²) in [5.41, 5.74) is 8.42. The van der Waals surface area contributed by atoms with Crippen molar-refractivity contribution < 1.29 is 14.3 Å². The lowest BCUT2D eigenvalue weighted by molar-refractivity contribution is -0.137. The molecule has 94 valence electrons. The van der Waals surface area contributed by atoms with E-state index in [2.05, 4.69) is 0 Å². The van der Waals surface area contributed by atoms with Crippen LogP contribution in [0.25, 0.3) is 0 Å². The summed E-state index contributed by atoms with van der Waals surface area (Å²) >= 11 is 0. The Morgan fingerprint density at radius 3 is 2.94 bits per heavy atom. The quantitative estimate of drug-likeness (QED) is 0.490. The number of anilines is 1.